The summed E-state index contributed by atoms with van der Waals surface area (Å²) in [6.45, 7) is 9.31. The third kappa shape index (κ3) is 2.69. The first kappa shape index (κ1) is 14.5. The van der Waals surface area contributed by atoms with Gasteiger partial charge in [0.1, 0.15) is 0 Å². The second-order valence-corrected chi connectivity index (χ2v) is 6.06. The van der Waals surface area contributed by atoms with E-state index in [1.54, 1.807) is 0 Å². The Bertz CT molecular complexity index is 472. The molecule has 2 atom stereocenters. The largest absolute Gasteiger partial charge is 0.375 e. The van der Waals surface area contributed by atoms with Gasteiger partial charge in [-0.15, -0.1) is 0 Å². The van der Waals surface area contributed by atoms with E-state index in [0.717, 1.165) is 10.2 Å². The first-order chi connectivity index (χ1) is 8.93. The number of aromatic amines is 1. The lowest BCUT2D eigenvalue weighted by molar-refractivity contribution is -0.0442. The van der Waals surface area contributed by atoms with E-state index in [0.29, 0.717) is 24.8 Å². The number of aromatic nitrogens is 2. The third-order valence-corrected chi connectivity index (χ3v) is 4.46. The second-order valence-electron chi connectivity index (χ2n) is 5.27. The number of amides is 1. The van der Waals surface area contributed by atoms with E-state index in [1.165, 1.54) is 0 Å². The molecule has 1 aliphatic heterocycles. The molecule has 0 radical (unpaired) electrons. The molecule has 2 heterocycles. The van der Waals surface area contributed by atoms with Crippen molar-refractivity contribution in [3.63, 3.8) is 0 Å². The van der Waals surface area contributed by atoms with Crippen LogP contribution in [0, 0.1) is 0 Å². The van der Waals surface area contributed by atoms with E-state index in [2.05, 4.69) is 40.0 Å². The quantitative estimate of drug-likeness (QED) is 0.907. The predicted octanol–water partition coefficient (Wildman–Crippen LogP) is 2.55. The molecule has 1 aromatic rings. The van der Waals surface area contributed by atoms with Gasteiger partial charge >= 0.3 is 0 Å². The third-order valence-electron chi connectivity index (χ3n) is 3.66. The summed E-state index contributed by atoms with van der Waals surface area (Å²) in [4.78, 5) is 14.4. The number of carbonyl (C=O) groups is 1. The standard InChI is InChI=1S/C13H20BrN3O2/c1-7(2)11-10(14)12(16-15-11)13(18)17-5-6-19-9(4)8(17)3/h7-9H,5-6H2,1-4H3,(H,15,16). The van der Waals surface area contributed by atoms with Crippen LogP contribution in [0.15, 0.2) is 4.47 Å². The highest BCUT2D eigenvalue weighted by atomic mass is 79.9. The SMILES string of the molecule is CC(C)c1[nH]nc(C(=O)N2CCOC(C)C2C)c1Br. The molecule has 6 heteroatoms. The van der Waals surface area contributed by atoms with Gasteiger partial charge in [0, 0.05) is 6.54 Å². The van der Waals surface area contributed by atoms with E-state index in [-0.39, 0.29) is 18.1 Å². The van der Waals surface area contributed by atoms with E-state index in [9.17, 15) is 4.79 Å². The molecule has 0 aliphatic carbocycles. The Kier molecular flexibility index (Phi) is 4.30. The van der Waals surface area contributed by atoms with Crippen molar-refractivity contribution in [1.82, 2.24) is 15.1 Å². The van der Waals surface area contributed by atoms with E-state index < -0.39 is 0 Å². The number of rotatable bonds is 2. The van der Waals surface area contributed by atoms with E-state index in [4.69, 9.17) is 4.74 Å². The number of carbonyl (C=O) groups excluding carboxylic acids is 1. The minimum atomic E-state index is -0.0438. The summed E-state index contributed by atoms with van der Waals surface area (Å²) in [6.07, 6.45) is 0.0555. The van der Waals surface area contributed by atoms with Crippen molar-refractivity contribution in [3.8, 4) is 0 Å². The van der Waals surface area contributed by atoms with Crippen molar-refractivity contribution in [1.29, 1.82) is 0 Å². The van der Waals surface area contributed by atoms with E-state index in [1.807, 2.05) is 18.7 Å². The number of morpholine rings is 1. The molecule has 2 unspecified atom stereocenters. The van der Waals surface area contributed by atoms with Crippen LogP contribution >= 0.6 is 15.9 Å². The molecule has 1 amide bonds. The van der Waals surface area contributed by atoms with Crippen molar-refractivity contribution in [3.05, 3.63) is 15.9 Å². The molecule has 1 fully saturated rings. The first-order valence-corrected chi connectivity index (χ1v) is 7.39. The number of ether oxygens (including phenoxy) is 1. The van der Waals surface area contributed by atoms with Gasteiger partial charge in [0.05, 0.1) is 28.9 Å². The van der Waals surface area contributed by atoms with Gasteiger partial charge in [-0.2, -0.15) is 5.10 Å². The molecule has 1 aliphatic rings. The molecule has 0 bridgehead atoms. The van der Waals surface area contributed by atoms with Gasteiger partial charge in [0.15, 0.2) is 5.69 Å². The summed E-state index contributed by atoms with van der Waals surface area (Å²) >= 11 is 3.48. The van der Waals surface area contributed by atoms with Gasteiger partial charge in [0.25, 0.3) is 5.91 Å². The highest BCUT2D eigenvalue weighted by molar-refractivity contribution is 9.10. The smallest absolute Gasteiger partial charge is 0.275 e. The molecule has 0 aromatic carbocycles. The molecule has 1 saturated heterocycles. The minimum absolute atomic E-state index is 0.0438. The zero-order valence-electron chi connectivity index (χ0n) is 11.7. The Morgan fingerprint density at radius 3 is 2.79 bits per heavy atom. The van der Waals surface area contributed by atoms with E-state index >= 15 is 0 Å². The topological polar surface area (TPSA) is 58.2 Å². The minimum Gasteiger partial charge on any atom is -0.375 e. The van der Waals surface area contributed by atoms with Crippen molar-refractivity contribution in [2.24, 2.45) is 0 Å². The fraction of sp³-hybridized carbons (Fsp3) is 0.692. The van der Waals surface area contributed by atoms with Crippen LogP contribution in [0.1, 0.15) is 49.8 Å². The molecule has 2 rings (SSSR count). The molecule has 1 aromatic heterocycles. The van der Waals surface area contributed by atoms with Gasteiger partial charge in [0.2, 0.25) is 0 Å². The second kappa shape index (κ2) is 5.63. The van der Waals surface area contributed by atoms with Crippen LogP contribution in [0.25, 0.3) is 0 Å². The monoisotopic (exact) mass is 329 g/mol. The maximum absolute atomic E-state index is 12.6. The molecule has 1 N–H and O–H groups in total. The Morgan fingerprint density at radius 2 is 2.21 bits per heavy atom. The van der Waals surface area contributed by atoms with Crippen LogP contribution in [0.5, 0.6) is 0 Å². The Hall–Kier alpha value is -0.880. The summed E-state index contributed by atoms with van der Waals surface area (Å²) in [7, 11) is 0. The lowest BCUT2D eigenvalue weighted by Gasteiger charge is -2.37. The molecular weight excluding hydrogens is 310 g/mol. The normalized spacial score (nSPS) is 24.0. The van der Waals surface area contributed by atoms with Gasteiger partial charge in [-0.25, -0.2) is 0 Å². The number of H-pyrrole nitrogens is 1. The molecular formula is C13H20BrN3O2. The van der Waals surface area contributed by atoms with Crippen LogP contribution in [0.3, 0.4) is 0 Å². The highest BCUT2D eigenvalue weighted by Gasteiger charge is 2.32. The lowest BCUT2D eigenvalue weighted by atomic mass is 10.1. The molecule has 0 saturated carbocycles. The Morgan fingerprint density at radius 1 is 1.53 bits per heavy atom. The van der Waals surface area contributed by atoms with Gasteiger partial charge in [-0.3, -0.25) is 9.89 Å². The van der Waals surface area contributed by atoms with Crippen LogP contribution in [0.4, 0.5) is 0 Å². The highest BCUT2D eigenvalue weighted by Crippen LogP contribution is 2.27. The van der Waals surface area contributed by atoms with Gasteiger partial charge in [-0.05, 0) is 35.7 Å². The van der Waals surface area contributed by atoms with Crippen molar-refractivity contribution >= 4 is 21.8 Å². The molecule has 106 valence electrons. The fourth-order valence-corrected chi connectivity index (χ4v) is 3.03. The summed E-state index contributed by atoms with van der Waals surface area (Å²) in [5.74, 6) is 0.252. The summed E-state index contributed by atoms with van der Waals surface area (Å²) < 4.78 is 6.32. The Balaban J connectivity index is 2.24. The maximum atomic E-state index is 12.6. The van der Waals surface area contributed by atoms with Crippen LogP contribution in [-0.4, -0.2) is 46.3 Å². The predicted molar refractivity (Wildman–Crippen MR) is 76.3 cm³/mol. The van der Waals surface area contributed by atoms with Crippen LogP contribution < -0.4 is 0 Å². The zero-order chi connectivity index (χ0) is 14.2. The average Bonchev–Trinajstić information content (AvgIpc) is 2.74. The molecule has 19 heavy (non-hydrogen) atoms. The number of nitrogens with one attached hydrogen (secondary N) is 1. The first-order valence-electron chi connectivity index (χ1n) is 6.59. The van der Waals surface area contributed by atoms with Crippen molar-refractivity contribution in [2.75, 3.05) is 13.2 Å². The maximum Gasteiger partial charge on any atom is 0.275 e. The van der Waals surface area contributed by atoms with Crippen LogP contribution in [0.2, 0.25) is 0 Å². The van der Waals surface area contributed by atoms with Gasteiger partial charge < -0.3 is 9.64 Å². The summed E-state index contributed by atoms with van der Waals surface area (Å²) in [6, 6.07) is 0.0624. The van der Waals surface area contributed by atoms with Gasteiger partial charge in [-0.1, -0.05) is 13.8 Å². The number of halogens is 1. The lowest BCUT2D eigenvalue weighted by Crippen LogP contribution is -2.51. The van der Waals surface area contributed by atoms with Crippen molar-refractivity contribution < 1.29 is 9.53 Å². The number of hydrogen-bond donors (Lipinski definition) is 1. The van der Waals surface area contributed by atoms with Crippen molar-refractivity contribution in [2.45, 2.75) is 45.8 Å². The summed E-state index contributed by atoms with van der Waals surface area (Å²) in [5, 5.41) is 7.11. The zero-order valence-corrected chi connectivity index (χ0v) is 13.3. The molecule has 0 spiro atoms. The average molecular weight is 330 g/mol. The molecule has 5 nitrogen and oxygen atoms in total. The number of nitrogens with zero attached hydrogens (tertiary/aromatic N) is 2. The Labute approximate surface area is 121 Å². The fourth-order valence-electron chi connectivity index (χ4n) is 2.22. The summed E-state index contributed by atoms with van der Waals surface area (Å²) in [5.41, 5.74) is 1.42. The van der Waals surface area contributed by atoms with Crippen LogP contribution in [-0.2, 0) is 4.74 Å². The number of hydrogen-bond acceptors (Lipinski definition) is 3.